The number of ether oxygens (including phenoxy) is 1. The fourth-order valence-electron chi connectivity index (χ4n) is 0.615. The van der Waals surface area contributed by atoms with E-state index >= 15 is 0 Å². The van der Waals surface area contributed by atoms with Gasteiger partial charge in [0, 0.05) is 0 Å². The minimum absolute atomic E-state index is 0.0888. The lowest BCUT2D eigenvalue weighted by Gasteiger charge is -2.13. The topological polar surface area (TPSA) is 33.1 Å². The Morgan fingerprint density at radius 1 is 1.29 bits per heavy atom. The molecule has 2 nitrogen and oxygen atoms in total. The molecule has 0 heterocycles. The summed E-state index contributed by atoms with van der Waals surface area (Å²) in [5.41, 5.74) is 0.0888. The lowest BCUT2D eigenvalue weighted by Crippen LogP contribution is -2.21. The highest BCUT2D eigenvalue weighted by Crippen LogP contribution is 2.27. The Morgan fingerprint density at radius 2 is 1.79 bits per heavy atom. The van der Waals surface area contributed by atoms with Crippen LogP contribution in [0, 0.1) is 10.8 Å². The average Bonchev–Trinajstić information content (AvgIpc) is 1.93. The summed E-state index contributed by atoms with van der Waals surface area (Å²) in [6.07, 6.45) is 3.77. The molecule has 0 fully saturated rings. The van der Waals surface area contributed by atoms with Gasteiger partial charge in [0.2, 0.25) is 5.90 Å². The van der Waals surface area contributed by atoms with Crippen molar-refractivity contribution < 1.29 is 4.74 Å². The van der Waals surface area contributed by atoms with E-state index in [4.69, 9.17) is 44.9 Å². The quantitative estimate of drug-likeness (QED) is 0.346. The lowest BCUT2D eigenvalue weighted by atomic mass is 9.96. The molecule has 0 unspecified atom stereocenters. The first-order valence-corrected chi connectivity index (χ1v) is 5.22. The number of allylic oxidation sites excluding steroid dienone is 1. The molecule has 0 amide bonds. The van der Waals surface area contributed by atoms with E-state index in [9.17, 15) is 0 Å². The molecule has 1 N–H and O–H groups in total. The van der Waals surface area contributed by atoms with Crippen LogP contribution in [0.25, 0.3) is 0 Å². The van der Waals surface area contributed by atoms with Gasteiger partial charge in [-0.3, -0.25) is 5.41 Å². The van der Waals surface area contributed by atoms with Gasteiger partial charge in [0.05, 0.1) is 0 Å². The molecule has 0 saturated heterocycles. The number of nitrogens with one attached hydrogen (secondary N) is 1. The molecule has 82 valence electrons. The summed E-state index contributed by atoms with van der Waals surface area (Å²) in [6.45, 7) is 6.42. The summed E-state index contributed by atoms with van der Waals surface area (Å²) >= 11 is 16.2. The third kappa shape index (κ3) is 7.48. The normalized spacial score (nSPS) is 13.3. The molecule has 0 aromatic heterocycles. The largest absolute Gasteiger partial charge is 0.474 e. The second kappa shape index (κ2) is 5.24. The highest BCUT2D eigenvalue weighted by atomic mass is 35.6. The van der Waals surface area contributed by atoms with Crippen molar-refractivity contribution in [3.63, 3.8) is 0 Å². The van der Waals surface area contributed by atoms with Gasteiger partial charge >= 0.3 is 0 Å². The zero-order chi connectivity index (χ0) is 11.4. The van der Waals surface area contributed by atoms with Crippen LogP contribution in [-0.2, 0) is 4.74 Å². The molecule has 5 heteroatoms. The SMILES string of the molecule is CC(C)(C)/C=C/COC(=N)C(Cl)(Cl)Cl. The first-order valence-electron chi connectivity index (χ1n) is 4.09. The maximum atomic E-state index is 7.22. The second-order valence-electron chi connectivity index (χ2n) is 3.91. The standard InChI is InChI=1S/C9H14Cl3NO/c1-8(2,3)5-4-6-14-7(13)9(10,11)12/h4-5,13H,6H2,1-3H3/b5-4+,13-7?. The van der Waals surface area contributed by atoms with Crippen molar-refractivity contribution >= 4 is 40.7 Å². The highest BCUT2D eigenvalue weighted by Gasteiger charge is 2.28. The van der Waals surface area contributed by atoms with Crippen molar-refractivity contribution in [2.75, 3.05) is 6.61 Å². The van der Waals surface area contributed by atoms with E-state index in [2.05, 4.69) is 20.8 Å². The summed E-state index contributed by atoms with van der Waals surface area (Å²) in [7, 11) is 0. The van der Waals surface area contributed by atoms with Gasteiger partial charge in [0.25, 0.3) is 3.79 Å². The molecule has 0 aromatic rings. The fourth-order valence-corrected chi connectivity index (χ4v) is 0.779. The first kappa shape index (κ1) is 14.1. The van der Waals surface area contributed by atoms with Gasteiger partial charge in [-0.05, 0) is 5.41 Å². The zero-order valence-corrected chi connectivity index (χ0v) is 10.7. The molecular formula is C9H14Cl3NO. The molecule has 0 spiro atoms. The second-order valence-corrected chi connectivity index (χ2v) is 6.19. The van der Waals surface area contributed by atoms with Crippen molar-refractivity contribution in [2.45, 2.75) is 24.6 Å². The van der Waals surface area contributed by atoms with Gasteiger partial charge in [-0.25, -0.2) is 0 Å². The summed E-state index contributed by atoms with van der Waals surface area (Å²) in [5.74, 6) is -0.360. The van der Waals surface area contributed by atoms with Gasteiger partial charge < -0.3 is 4.74 Å². The lowest BCUT2D eigenvalue weighted by molar-refractivity contribution is 0.338. The van der Waals surface area contributed by atoms with E-state index in [-0.39, 0.29) is 17.9 Å². The van der Waals surface area contributed by atoms with E-state index in [0.717, 1.165) is 0 Å². The minimum Gasteiger partial charge on any atom is -0.474 e. The highest BCUT2D eigenvalue weighted by molar-refractivity contribution is 6.76. The number of halogens is 3. The average molecular weight is 259 g/mol. The molecule has 0 aliphatic rings. The first-order chi connectivity index (χ1) is 6.13. The summed E-state index contributed by atoms with van der Waals surface area (Å²) < 4.78 is 3.13. The van der Waals surface area contributed by atoms with E-state index in [1.54, 1.807) is 6.08 Å². The molecule has 0 aliphatic heterocycles. The maximum absolute atomic E-state index is 7.22. The molecule has 0 rings (SSSR count). The Labute approximate surface area is 99.7 Å². The Hall–Kier alpha value is 0.0800. The molecular weight excluding hydrogens is 244 g/mol. The Morgan fingerprint density at radius 3 is 2.14 bits per heavy atom. The summed E-state index contributed by atoms with van der Waals surface area (Å²) in [5, 5.41) is 7.22. The minimum atomic E-state index is -1.77. The van der Waals surface area contributed by atoms with Crippen LogP contribution in [0.2, 0.25) is 0 Å². The van der Waals surface area contributed by atoms with Crippen LogP contribution < -0.4 is 0 Å². The monoisotopic (exact) mass is 257 g/mol. The van der Waals surface area contributed by atoms with E-state index in [1.165, 1.54) is 0 Å². The fraction of sp³-hybridized carbons (Fsp3) is 0.667. The Kier molecular flexibility index (Phi) is 5.27. The van der Waals surface area contributed by atoms with Crippen LogP contribution in [0.5, 0.6) is 0 Å². The molecule has 0 aromatic carbocycles. The molecule has 0 bridgehead atoms. The predicted octanol–water partition coefficient (Wildman–Crippen LogP) is 3.95. The van der Waals surface area contributed by atoms with Crippen molar-refractivity contribution in [1.29, 1.82) is 5.41 Å². The van der Waals surface area contributed by atoms with Crippen molar-refractivity contribution in [3.8, 4) is 0 Å². The number of hydrogen-bond donors (Lipinski definition) is 1. The van der Waals surface area contributed by atoms with Gasteiger partial charge in [0.1, 0.15) is 6.61 Å². The van der Waals surface area contributed by atoms with Gasteiger partial charge in [0.15, 0.2) is 0 Å². The molecule has 0 aliphatic carbocycles. The third-order valence-electron chi connectivity index (χ3n) is 1.20. The Bertz CT molecular complexity index is 225. The van der Waals surface area contributed by atoms with Crippen LogP contribution in [0.3, 0.4) is 0 Å². The van der Waals surface area contributed by atoms with Crippen LogP contribution >= 0.6 is 34.8 Å². The van der Waals surface area contributed by atoms with Crippen LogP contribution in [0.4, 0.5) is 0 Å². The summed E-state index contributed by atoms with van der Waals surface area (Å²) in [4.78, 5) is 0. The van der Waals surface area contributed by atoms with Gasteiger partial charge in [-0.1, -0.05) is 67.7 Å². The number of alkyl halides is 3. The summed E-state index contributed by atoms with van der Waals surface area (Å²) in [6, 6.07) is 0. The molecule has 0 saturated carbocycles. The van der Waals surface area contributed by atoms with Crippen LogP contribution in [0.15, 0.2) is 12.2 Å². The van der Waals surface area contributed by atoms with Crippen LogP contribution in [0.1, 0.15) is 20.8 Å². The zero-order valence-electron chi connectivity index (χ0n) is 8.40. The van der Waals surface area contributed by atoms with Gasteiger partial charge in [-0.2, -0.15) is 0 Å². The number of rotatable bonds is 2. The smallest absolute Gasteiger partial charge is 0.265 e. The van der Waals surface area contributed by atoms with Crippen molar-refractivity contribution in [2.24, 2.45) is 5.41 Å². The molecule has 0 radical (unpaired) electrons. The van der Waals surface area contributed by atoms with Crippen LogP contribution in [-0.4, -0.2) is 16.3 Å². The number of hydrogen-bond acceptors (Lipinski definition) is 2. The third-order valence-corrected chi connectivity index (χ3v) is 1.71. The van der Waals surface area contributed by atoms with E-state index in [0.29, 0.717) is 0 Å². The Balaban J connectivity index is 3.88. The van der Waals surface area contributed by atoms with Gasteiger partial charge in [-0.15, -0.1) is 0 Å². The maximum Gasteiger partial charge on any atom is 0.265 e. The van der Waals surface area contributed by atoms with Crippen molar-refractivity contribution in [3.05, 3.63) is 12.2 Å². The van der Waals surface area contributed by atoms with E-state index in [1.807, 2.05) is 6.08 Å². The van der Waals surface area contributed by atoms with E-state index < -0.39 is 3.79 Å². The molecule has 14 heavy (non-hydrogen) atoms. The predicted molar refractivity (Wildman–Crippen MR) is 62.6 cm³/mol. The van der Waals surface area contributed by atoms with Crippen molar-refractivity contribution in [1.82, 2.24) is 0 Å². The molecule has 0 atom stereocenters.